The van der Waals surface area contributed by atoms with Crippen LogP contribution in [0.15, 0.2) is 75.3 Å². The fourth-order valence-corrected chi connectivity index (χ4v) is 5.74. The Balaban J connectivity index is 1.19. The first kappa shape index (κ1) is 19.9. The highest BCUT2D eigenvalue weighted by Gasteiger charge is 2.10. The minimum absolute atomic E-state index is 0.0440. The Kier molecular flexibility index (Phi) is 5.54. The van der Waals surface area contributed by atoms with Gasteiger partial charge < -0.3 is 4.74 Å². The summed E-state index contributed by atoms with van der Waals surface area (Å²) in [5.41, 5.74) is 2.82. The highest BCUT2D eigenvalue weighted by atomic mass is 32.2. The van der Waals surface area contributed by atoms with Crippen molar-refractivity contribution in [3.8, 4) is 0 Å². The lowest BCUT2D eigenvalue weighted by atomic mass is 10.1. The molecule has 5 rings (SSSR count). The number of esters is 1. The van der Waals surface area contributed by atoms with Crippen LogP contribution in [0, 0.1) is 0 Å². The van der Waals surface area contributed by atoms with Gasteiger partial charge in [-0.3, -0.25) is 9.20 Å². The molecule has 2 aromatic carbocycles. The van der Waals surface area contributed by atoms with Crippen LogP contribution in [-0.4, -0.2) is 20.3 Å². The first-order valence-corrected chi connectivity index (χ1v) is 12.0. The molecule has 3 aromatic heterocycles. The molecule has 6 nitrogen and oxygen atoms in total. The number of fused-ring (bicyclic) bond motifs is 2. The average Bonchev–Trinajstić information content (AvgIpc) is 3.43. The number of rotatable bonds is 6. The van der Waals surface area contributed by atoms with Gasteiger partial charge in [-0.2, -0.15) is 0 Å². The lowest BCUT2D eigenvalue weighted by Crippen LogP contribution is -2.14. The number of para-hydroxylation sites is 1. The second kappa shape index (κ2) is 8.62. The van der Waals surface area contributed by atoms with Gasteiger partial charge in [-0.15, -0.1) is 22.7 Å². The lowest BCUT2D eigenvalue weighted by molar-refractivity contribution is 0.0468. The van der Waals surface area contributed by atoms with Crippen LogP contribution < -0.4 is 5.56 Å². The summed E-state index contributed by atoms with van der Waals surface area (Å²) >= 11 is 4.71. The Bertz CT molecular complexity index is 1400. The Morgan fingerprint density at radius 2 is 1.94 bits per heavy atom. The maximum atomic E-state index is 12.4. The van der Waals surface area contributed by atoms with Crippen molar-refractivity contribution in [3.63, 3.8) is 0 Å². The Hall–Kier alpha value is -3.01. The fourth-order valence-electron chi connectivity index (χ4n) is 2.98. The Morgan fingerprint density at radius 1 is 1.10 bits per heavy atom. The third kappa shape index (κ3) is 4.39. The highest BCUT2D eigenvalue weighted by Crippen LogP contribution is 2.31. The van der Waals surface area contributed by atoms with Crippen molar-refractivity contribution >= 4 is 55.6 Å². The molecule has 0 fully saturated rings. The topological polar surface area (TPSA) is 73.6 Å². The molecule has 5 aromatic rings. The van der Waals surface area contributed by atoms with Gasteiger partial charge in [0.25, 0.3) is 5.56 Å². The predicted octanol–water partition coefficient (Wildman–Crippen LogP) is 5.02. The number of carbonyl (C=O) groups excluding carboxylic acids is 1. The minimum atomic E-state index is -0.446. The summed E-state index contributed by atoms with van der Waals surface area (Å²) in [6.07, 6.45) is 1.67. The number of nitrogens with zero attached hydrogens (tertiary/aromatic N) is 3. The van der Waals surface area contributed by atoms with Gasteiger partial charge in [-0.1, -0.05) is 36.0 Å². The molecule has 0 saturated heterocycles. The first-order valence-electron chi connectivity index (χ1n) is 9.36. The van der Waals surface area contributed by atoms with Gasteiger partial charge in [-0.25, -0.2) is 14.8 Å². The molecule has 0 bridgehead atoms. The lowest BCUT2D eigenvalue weighted by Gasteiger charge is -2.06. The molecule has 0 aliphatic rings. The maximum Gasteiger partial charge on any atom is 0.338 e. The number of hydrogen-bond donors (Lipinski definition) is 0. The monoisotopic (exact) mass is 465 g/mol. The van der Waals surface area contributed by atoms with E-state index in [0.29, 0.717) is 16.2 Å². The van der Waals surface area contributed by atoms with Crippen LogP contribution in [0.1, 0.15) is 21.6 Å². The number of benzene rings is 2. The van der Waals surface area contributed by atoms with Crippen molar-refractivity contribution in [3.05, 3.63) is 93.3 Å². The largest absolute Gasteiger partial charge is 0.456 e. The molecule has 9 heteroatoms. The van der Waals surface area contributed by atoms with Crippen LogP contribution in [0.4, 0.5) is 0 Å². The molecule has 0 amide bonds. The van der Waals surface area contributed by atoms with Gasteiger partial charge in [0.05, 0.1) is 21.5 Å². The average molecular weight is 466 g/mol. The number of hydrogen-bond acceptors (Lipinski definition) is 8. The molecule has 0 aliphatic carbocycles. The van der Waals surface area contributed by atoms with Crippen molar-refractivity contribution in [2.45, 2.75) is 16.7 Å². The Labute approximate surface area is 189 Å². The number of thioether (sulfide) groups is 1. The zero-order chi connectivity index (χ0) is 21.2. The fraction of sp³-hybridized carbons (Fsp3) is 0.0909. The summed E-state index contributed by atoms with van der Waals surface area (Å²) in [4.78, 5) is 33.9. The number of thiazole rings is 2. The van der Waals surface area contributed by atoms with Crippen LogP contribution in [0.5, 0.6) is 0 Å². The van der Waals surface area contributed by atoms with E-state index in [1.54, 1.807) is 46.8 Å². The molecule has 0 N–H and O–H groups in total. The van der Waals surface area contributed by atoms with Crippen LogP contribution in [0.3, 0.4) is 0 Å². The molecular weight excluding hydrogens is 450 g/mol. The molecule has 0 radical (unpaired) electrons. The Morgan fingerprint density at radius 3 is 2.77 bits per heavy atom. The standard InChI is InChI=1S/C22H15N3O3S3/c26-19-11-16(23-21-25(19)9-10-29-21)12-28-20(27)15-7-5-14(6-8-15)13-30-22-24-17-3-1-2-4-18(17)31-22/h1-11H,12-13H2. The van der Waals surface area contributed by atoms with Gasteiger partial charge in [0.15, 0.2) is 9.30 Å². The predicted molar refractivity (Wildman–Crippen MR) is 124 cm³/mol. The molecule has 0 unspecified atom stereocenters. The molecule has 0 atom stereocenters. The zero-order valence-electron chi connectivity index (χ0n) is 16.1. The molecular formula is C22H15N3O3S3. The van der Waals surface area contributed by atoms with Crippen molar-refractivity contribution in [2.75, 3.05) is 0 Å². The third-order valence-corrected chi connectivity index (χ3v) is 7.54. The van der Waals surface area contributed by atoms with Crippen LogP contribution in [0.25, 0.3) is 15.2 Å². The number of carbonyl (C=O) groups is 1. The van der Waals surface area contributed by atoms with E-state index < -0.39 is 5.97 Å². The summed E-state index contributed by atoms with van der Waals surface area (Å²) < 4.78 is 9.00. The van der Waals surface area contributed by atoms with Crippen LogP contribution in [-0.2, 0) is 17.1 Å². The summed E-state index contributed by atoms with van der Waals surface area (Å²) in [5, 5.41) is 1.79. The molecule has 0 spiro atoms. The first-order chi connectivity index (χ1) is 15.2. The molecule has 0 saturated carbocycles. The van der Waals surface area contributed by atoms with Crippen molar-refractivity contribution in [2.24, 2.45) is 0 Å². The van der Waals surface area contributed by atoms with E-state index in [1.165, 1.54) is 26.5 Å². The number of aromatic nitrogens is 3. The van der Waals surface area contributed by atoms with Crippen LogP contribution in [0.2, 0.25) is 0 Å². The smallest absolute Gasteiger partial charge is 0.338 e. The molecule has 0 aliphatic heterocycles. The second-order valence-corrected chi connectivity index (χ2v) is 9.78. The molecule has 154 valence electrons. The van der Waals surface area contributed by atoms with Gasteiger partial charge in [0.1, 0.15) is 6.61 Å². The van der Waals surface area contributed by atoms with E-state index in [-0.39, 0.29) is 12.2 Å². The normalized spacial score (nSPS) is 11.2. The molecule has 3 heterocycles. The van der Waals surface area contributed by atoms with Gasteiger partial charge in [0.2, 0.25) is 0 Å². The highest BCUT2D eigenvalue weighted by molar-refractivity contribution is 8.00. The zero-order valence-corrected chi connectivity index (χ0v) is 18.5. The summed E-state index contributed by atoms with van der Waals surface area (Å²) in [7, 11) is 0. The van der Waals surface area contributed by atoms with E-state index >= 15 is 0 Å². The van der Waals surface area contributed by atoms with Crippen LogP contribution >= 0.6 is 34.4 Å². The van der Waals surface area contributed by atoms with E-state index in [1.807, 2.05) is 30.3 Å². The maximum absolute atomic E-state index is 12.4. The van der Waals surface area contributed by atoms with Crippen molar-refractivity contribution < 1.29 is 9.53 Å². The summed E-state index contributed by atoms with van der Waals surface area (Å²) in [6.45, 7) is -0.0440. The van der Waals surface area contributed by atoms with E-state index in [0.717, 1.165) is 21.2 Å². The third-order valence-electron chi connectivity index (χ3n) is 4.53. The number of ether oxygens (including phenoxy) is 1. The van der Waals surface area contributed by atoms with Gasteiger partial charge in [-0.05, 0) is 29.8 Å². The summed E-state index contributed by atoms with van der Waals surface area (Å²) in [5.74, 6) is 0.322. The van der Waals surface area contributed by atoms with Crippen molar-refractivity contribution in [1.82, 2.24) is 14.4 Å². The SMILES string of the molecule is O=C(OCc1cc(=O)n2ccsc2n1)c1ccc(CSc2nc3ccccc3s2)cc1. The minimum Gasteiger partial charge on any atom is -0.456 e. The van der Waals surface area contributed by atoms with Crippen molar-refractivity contribution in [1.29, 1.82) is 0 Å². The van der Waals surface area contributed by atoms with E-state index in [9.17, 15) is 9.59 Å². The van der Waals surface area contributed by atoms with Gasteiger partial charge >= 0.3 is 5.97 Å². The summed E-state index contributed by atoms with van der Waals surface area (Å²) in [6, 6.07) is 16.8. The second-order valence-electron chi connectivity index (χ2n) is 6.65. The van der Waals surface area contributed by atoms with E-state index in [2.05, 4.69) is 16.0 Å². The van der Waals surface area contributed by atoms with Gasteiger partial charge in [0, 0.05) is 23.4 Å². The van der Waals surface area contributed by atoms with E-state index in [4.69, 9.17) is 4.74 Å². The quantitative estimate of drug-likeness (QED) is 0.259. The molecule has 31 heavy (non-hydrogen) atoms.